The van der Waals surface area contributed by atoms with Gasteiger partial charge in [-0.25, -0.2) is 0 Å². The van der Waals surface area contributed by atoms with Crippen LogP contribution in [-0.4, -0.2) is 6.54 Å². The Kier molecular flexibility index (Phi) is 1.60. The number of nitrogens with one attached hydrogen (secondary N) is 1. The monoisotopic (exact) mass is 123 g/mol. The molecule has 0 saturated heterocycles. The molecule has 0 aromatic heterocycles. The molecule has 0 aromatic rings. The SMILES string of the molecule is CC1=CC(C)=C(C)NC1. The summed E-state index contributed by atoms with van der Waals surface area (Å²) in [4.78, 5) is 0. The molecule has 1 heteroatoms. The predicted octanol–water partition coefficient (Wildman–Crippen LogP) is 1.83. The Balaban J connectivity index is 2.83. The molecule has 1 rings (SSSR count). The molecule has 0 aromatic carbocycles. The van der Waals surface area contributed by atoms with E-state index in [0.29, 0.717) is 0 Å². The first-order valence-corrected chi connectivity index (χ1v) is 3.28. The van der Waals surface area contributed by atoms with Crippen molar-refractivity contribution in [2.75, 3.05) is 6.54 Å². The molecule has 50 valence electrons. The summed E-state index contributed by atoms with van der Waals surface area (Å²) in [6, 6.07) is 0. The van der Waals surface area contributed by atoms with E-state index in [4.69, 9.17) is 0 Å². The zero-order valence-corrected chi connectivity index (χ0v) is 6.28. The summed E-state index contributed by atoms with van der Waals surface area (Å²) in [5.74, 6) is 0. The summed E-state index contributed by atoms with van der Waals surface area (Å²) in [5, 5.41) is 3.29. The van der Waals surface area contributed by atoms with Crippen LogP contribution in [0.1, 0.15) is 20.8 Å². The lowest BCUT2D eigenvalue weighted by Crippen LogP contribution is -2.18. The second-order valence-electron chi connectivity index (χ2n) is 2.65. The number of hydrogen-bond donors (Lipinski definition) is 1. The first kappa shape index (κ1) is 6.40. The van der Waals surface area contributed by atoms with Gasteiger partial charge in [-0.3, -0.25) is 0 Å². The van der Waals surface area contributed by atoms with E-state index in [2.05, 4.69) is 32.2 Å². The van der Waals surface area contributed by atoms with Gasteiger partial charge in [0, 0.05) is 12.2 Å². The highest BCUT2D eigenvalue weighted by Crippen LogP contribution is 2.09. The van der Waals surface area contributed by atoms with Crippen LogP contribution in [0, 0.1) is 0 Å². The van der Waals surface area contributed by atoms with Gasteiger partial charge in [-0.15, -0.1) is 0 Å². The Bertz CT molecular complexity index is 175. The molecule has 0 spiro atoms. The van der Waals surface area contributed by atoms with E-state index >= 15 is 0 Å². The van der Waals surface area contributed by atoms with Crippen molar-refractivity contribution in [2.45, 2.75) is 20.8 Å². The number of allylic oxidation sites excluding steroid dienone is 3. The van der Waals surface area contributed by atoms with Crippen LogP contribution in [0.3, 0.4) is 0 Å². The molecule has 1 nitrogen and oxygen atoms in total. The summed E-state index contributed by atoms with van der Waals surface area (Å²) >= 11 is 0. The first-order chi connectivity index (χ1) is 4.20. The maximum atomic E-state index is 3.29. The highest BCUT2D eigenvalue weighted by molar-refractivity contribution is 5.29. The highest BCUT2D eigenvalue weighted by atomic mass is 14.9. The van der Waals surface area contributed by atoms with Crippen molar-refractivity contribution in [1.29, 1.82) is 0 Å². The maximum absolute atomic E-state index is 3.29. The smallest absolute Gasteiger partial charge is 0.0357 e. The van der Waals surface area contributed by atoms with E-state index in [1.165, 1.54) is 16.8 Å². The standard InChI is InChI=1S/C8H13N/c1-6-4-7(2)8(3)9-5-6/h4,9H,5H2,1-3H3. The third-order valence-electron chi connectivity index (χ3n) is 1.69. The summed E-state index contributed by atoms with van der Waals surface area (Å²) in [7, 11) is 0. The van der Waals surface area contributed by atoms with E-state index in [1.807, 2.05) is 0 Å². The van der Waals surface area contributed by atoms with Crippen LogP contribution in [-0.2, 0) is 0 Å². The Morgan fingerprint density at radius 1 is 1.33 bits per heavy atom. The fourth-order valence-corrected chi connectivity index (χ4v) is 0.940. The van der Waals surface area contributed by atoms with Gasteiger partial charge in [-0.2, -0.15) is 0 Å². The molecular formula is C8H13N. The van der Waals surface area contributed by atoms with Gasteiger partial charge in [0.05, 0.1) is 0 Å². The summed E-state index contributed by atoms with van der Waals surface area (Å²) in [6.45, 7) is 7.40. The second kappa shape index (κ2) is 2.26. The van der Waals surface area contributed by atoms with Crippen LogP contribution < -0.4 is 5.32 Å². The second-order valence-corrected chi connectivity index (χ2v) is 2.65. The lowest BCUT2D eigenvalue weighted by molar-refractivity contribution is 0.836. The minimum Gasteiger partial charge on any atom is -0.385 e. The van der Waals surface area contributed by atoms with E-state index in [9.17, 15) is 0 Å². The molecule has 0 saturated carbocycles. The summed E-state index contributed by atoms with van der Waals surface area (Å²) in [5.41, 5.74) is 4.08. The molecule has 1 aliphatic rings. The molecule has 0 aliphatic carbocycles. The quantitative estimate of drug-likeness (QED) is 0.518. The van der Waals surface area contributed by atoms with Gasteiger partial charge in [0.1, 0.15) is 0 Å². The molecule has 0 atom stereocenters. The van der Waals surface area contributed by atoms with Crippen LogP contribution in [0.5, 0.6) is 0 Å². The van der Waals surface area contributed by atoms with Crippen LogP contribution >= 0.6 is 0 Å². The van der Waals surface area contributed by atoms with Gasteiger partial charge in [0.15, 0.2) is 0 Å². The third kappa shape index (κ3) is 1.35. The predicted molar refractivity (Wildman–Crippen MR) is 40.1 cm³/mol. The van der Waals surface area contributed by atoms with Crippen LogP contribution in [0.4, 0.5) is 0 Å². The molecule has 0 fully saturated rings. The van der Waals surface area contributed by atoms with Crippen LogP contribution in [0.25, 0.3) is 0 Å². The van der Waals surface area contributed by atoms with E-state index in [1.54, 1.807) is 0 Å². The molecule has 9 heavy (non-hydrogen) atoms. The zero-order valence-electron chi connectivity index (χ0n) is 6.28. The largest absolute Gasteiger partial charge is 0.385 e. The molecule has 0 bridgehead atoms. The summed E-state index contributed by atoms with van der Waals surface area (Å²) < 4.78 is 0. The Labute approximate surface area is 56.5 Å². The lowest BCUT2D eigenvalue weighted by atomic mass is 10.1. The molecular weight excluding hydrogens is 110 g/mol. The highest BCUT2D eigenvalue weighted by Gasteiger charge is 2.00. The van der Waals surface area contributed by atoms with E-state index < -0.39 is 0 Å². The van der Waals surface area contributed by atoms with Crippen molar-refractivity contribution in [3.63, 3.8) is 0 Å². The zero-order chi connectivity index (χ0) is 6.85. The molecule has 0 unspecified atom stereocenters. The Hall–Kier alpha value is -0.720. The molecule has 1 N–H and O–H groups in total. The van der Waals surface area contributed by atoms with Crippen molar-refractivity contribution < 1.29 is 0 Å². The van der Waals surface area contributed by atoms with E-state index in [-0.39, 0.29) is 0 Å². The van der Waals surface area contributed by atoms with Crippen molar-refractivity contribution >= 4 is 0 Å². The van der Waals surface area contributed by atoms with Crippen molar-refractivity contribution in [3.8, 4) is 0 Å². The molecule has 1 aliphatic heterocycles. The topological polar surface area (TPSA) is 12.0 Å². The summed E-state index contributed by atoms with van der Waals surface area (Å²) in [6.07, 6.45) is 2.23. The van der Waals surface area contributed by atoms with Gasteiger partial charge in [-0.1, -0.05) is 11.6 Å². The van der Waals surface area contributed by atoms with Crippen molar-refractivity contribution in [3.05, 3.63) is 22.9 Å². The van der Waals surface area contributed by atoms with Crippen molar-refractivity contribution in [2.24, 2.45) is 0 Å². The average molecular weight is 123 g/mol. The minimum absolute atomic E-state index is 1.02. The fourth-order valence-electron chi connectivity index (χ4n) is 0.940. The molecule has 1 heterocycles. The number of dihydropyridines is 1. The number of hydrogen-bond acceptors (Lipinski definition) is 1. The average Bonchev–Trinajstić information content (AvgIpc) is 1.80. The van der Waals surface area contributed by atoms with Crippen molar-refractivity contribution in [1.82, 2.24) is 5.32 Å². The number of rotatable bonds is 0. The maximum Gasteiger partial charge on any atom is 0.0357 e. The van der Waals surface area contributed by atoms with E-state index in [0.717, 1.165) is 6.54 Å². The lowest BCUT2D eigenvalue weighted by Gasteiger charge is -2.14. The minimum atomic E-state index is 1.02. The van der Waals surface area contributed by atoms with Gasteiger partial charge in [0.25, 0.3) is 0 Å². The molecule has 0 amide bonds. The normalized spacial score (nSPS) is 19.2. The van der Waals surface area contributed by atoms with Crippen LogP contribution in [0.15, 0.2) is 22.9 Å². The van der Waals surface area contributed by atoms with Gasteiger partial charge in [0.2, 0.25) is 0 Å². The van der Waals surface area contributed by atoms with Gasteiger partial charge >= 0.3 is 0 Å². The fraction of sp³-hybridized carbons (Fsp3) is 0.500. The van der Waals surface area contributed by atoms with Gasteiger partial charge in [-0.05, 0) is 26.3 Å². The van der Waals surface area contributed by atoms with Crippen LogP contribution in [0.2, 0.25) is 0 Å². The Morgan fingerprint density at radius 3 is 2.44 bits per heavy atom. The Morgan fingerprint density at radius 2 is 2.00 bits per heavy atom. The molecule has 0 radical (unpaired) electrons. The first-order valence-electron chi connectivity index (χ1n) is 3.28. The van der Waals surface area contributed by atoms with Gasteiger partial charge < -0.3 is 5.32 Å². The third-order valence-corrected chi connectivity index (χ3v) is 1.69.